The van der Waals surface area contributed by atoms with Crippen molar-refractivity contribution in [2.75, 3.05) is 83.2 Å². The van der Waals surface area contributed by atoms with Gasteiger partial charge in [0.1, 0.15) is 23.7 Å². The average Bonchev–Trinajstić information content (AvgIpc) is 3.54. The number of fused-ring (bicyclic) bond motifs is 2. The summed E-state index contributed by atoms with van der Waals surface area (Å²) in [6.07, 6.45) is 2.45. The molecule has 4 aromatic rings. The highest BCUT2D eigenvalue weighted by atomic mass is 35.5. The molecule has 2 N–H and O–H groups in total. The first-order valence-corrected chi connectivity index (χ1v) is 20.4. The summed E-state index contributed by atoms with van der Waals surface area (Å²) in [5.41, 5.74) is -0.469. The number of benzene rings is 3. The Balaban J connectivity index is 0.909. The molecule has 0 aliphatic carbocycles. The van der Waals surface area contributed by atoms with Gasteiger partial charge in [-0.05, 0) is 69.0 Å². The molecule has 1 aromatic heterocycles. The van der Waals surface area contributed by atoms with Crippen molar-refractivity contribution in [1.29, 1.82) is 5.26 Å². The van der Waals surface area contributed by atoms with Crippen molar-refractivity contribution in [3.8, 4) is 23.3 Å². The summed E-state index contributed by atoms with van der Waals surface area (Å²) in [6.45, 7) is -12.1. The second kappa shape index (κ2) is 18.3. The number of piperidine rings is 2. The highest BCUT2D eigenvalue weighted by molar-refractivity contribution is 6.37. The molecule has 1 atom stereocenters. The number of hydrogen-bond acceptors (Lipinski definition) is 13. The molecule has 4 amide bonds. The minimum absolute atomic E-state index is 0.00333. The van der Waals surface area contributed by atoms with Gasteiger partial charge >= 0.3 is 0 Å². The first-order chi connectivity index (χ1) is 33.0. The Morgan fingerprint density at radius 2 is 1.65 bits per heavy atom. The van der Waals surface area contributed by atoms with Gasteiger partial charge in [0.15, 0.2) is 11.5 Å². The van der Waals surface area contributed by atoms with Gasteiger partial charge in [0.2, 0.25) is 11.8 Å². The molecular formula is C44H45Cl2FN8O7. The van der Waals surface area contributed by atoms with Crippen molar-refractivity contribution in [1.82, 2.24) is 25.0 Å². The lowest BCUT2D eigenvalue weighted by atomic mass is 9.95. The first kappa shape index (κ1) is 33.8. The lowest BCUT2D eigenvalue weighted by Crippen LogP contribution is -2.54. The van der Waals surface area contributed by atoms with Crippen molar-refractivity contribution in [2.45, 2.75) is 38.1 Å². The molecule has 0 saturated carbocycles. The Labute approximate surface area is 378 Å². The zero-order valence-corrected chi connectivity index (χ0v) is 35.0. The number of rotatable bonds is 13. The zero-order valence-electron chi connectivity index (χ0n) is 41.4. The van der Waals surface area contributed by atoms with Crippen LogP contribution >= 0.6 is 23.2 Å². The van der Waals surface area contributed by atoms with Crippen molar-refractivity contribution < 1.29 is 48.7 Å². The van der Waals surface area contributed by atoms with E-state index in [1.165, 1.54) is 26.5 Å². The molecule has 3 aromatic carbocycles. The smallest absolute Gasteiger partial charge is 0.262 e. The molecule has 0 radical (unpaired) electrons. The molecule has 18 heteroatoms. The van der Waals surface area contributed by atoms with Crippen LogP contribution in [0.5, 0.6) is 17.2 Å². The molecule has 8 rings (SSSR count). The van der Waals surface area contributed by atoms with E-state index in [0.717, 1.165) is 0 Å². The van der Waals surface area contributed by atoms with Gasteiger partial charge < -0.3 is 29.3 Å². The van der Waals surface area contributed by atoms with Gasteiger partial charge in [-0.15, -0.1) is 0 Å². The molecule has 3 saturated heterocycles. The predicted molar refractivity (Wildman–Crippen MR) is 230 cm³/mol. The Kier molecular flexibility index (Phi) is 10.00. The van der Waals surface area contributed by atoms with Crippen LogP contribution in [-0.2, 0) is 9.59 Å². The fourth-order valence-corrected chi connectivity index (χ4v) is 8.38. The van der Waals surface area contributed by atoms with Crippen LogP contribution in [0.15, 0.2) is 42.6 Å². The number of hydrogen-bond donors (Lipinski definition) is 2. The Hall–Kier alpha value is -5.73. The summed E-state index contributed by atoms with van der Waals surface area (Å²) < 4.78 is 105. The number of carbonyl (C=O) groups is 4. The standard InChI is InChI=1S/C44H45Cl2FN8O7/c1-60-37-21-34(30(45)19-31(37)46)50-41-26(22-48)23-49-33-20-39(38(61-2)18-29(33)41)62-15-3-8-52-9-6-25(7-10-52)24-53-11-13-54(14-12-53)36-17-28-27(16-32(36)47)43(58)55(44(28)59)35-4-5-40(56)51-42(35)57/h16-21,23,25,35H,3-15,24H2,1-2H3,(H,49,50)(H,51,56,57)/i11D2,12D2,13D2,14D2. The number of piperazine rings is 1. The first-order valence-electron chi connectivity index (χ1n) is 23.7. The van der Waals surface area contributed by atoms with E-state index in [1.807, 2.05) is 5.32 Å². The maximum atomic E-state index is 16.1. The summed E-state index contributed by atoms with van der Waals surface area (Å²) in [5.74, 6) is -4.41. The number of methoxy groups -OCH3 is 2. The lowest BCUT2D eigenvalue weighted by Gasteiger charge is -2.39. The Morgan fingerprint density at radius 1 is 0.919 bits per heavy atom. The van der Waals surface area contributed by atoms with Gasteiger partial charge in [-0.1, -0.05) is 23.2 Å². The van der Waals surface area contributed by atoms with E-state index in [1.54, 1.807) is 18.2 Å². The topological polar surface area (TPSA) is 170 Å². The molecule has 3 fully saturated rings. The second-order valence-electron chi connectivity index (χ2n) is 14.9. The number of carbonyl (C=O) groups excluding carboxylic acids is 4. The number of amides is 4. The summed E-state index contributed by atoms with van der Waals surface area (Å²) in [7, 11) is 2.95. The number of nitrogens with one attached hydrogen (secondary N) is 2. The number of nitriles is 1. The maximum Gasteiger partial charge on any atom is 0.262 e. The van der Waals surface area contributed by atoms with Gasteiger partial charge in [-0.3, -0.25) is 39.3 Å². The normalized spacial score (nSPS) is 24.0. The molecule has 5 heterocycles. The number of nitrogens with zero attached hydrogens (tertiary/aromatic N) is 6. The minimum Gasteiger partial charge on any atom is -0.495 e. The number of aromatic nitrogens is 1. The van der Waals surface area contributed by atoms with Gasteiger partial charge in [0.25, 0.3) is 11.8 Å². The predicted octanol–water partition coefficient (Wildman–Crippen LogP) is 6.02. The van der Waals surface area contributed by atoms with Crippen molar-refractivity contribution in [3.05, 3.63) is 75.1 Å². The summed E-state index contributed by atoms with van der Waals surface area (Å²) in [4.78, 5) is 58.8. The van der Waals surface area contributed by atoms with Gasteiger partial charge in [0.05, 0.1) is 75.6 Å². The van der Waals surface area contributed by atoms with Crippen LogP contribution in [0.3, 0.4) is 0 Å². The summed E-state index contributed by atoms with van der Waals surface area (Å²) in [6, 6.07) is 8.48. The molecular weight excluding hydrogens is 842 g/mol. The van der Waals surface area contributed by atoms with E-state index in [9.17, 15) is 24.4 Å². The SMILES string of the molecule is [2H]C1([2H])N(CC2CCN(CCCOc3cc4ncc(C#N)c(Nc5cc(OC)c(Cl)cc5Cl)c4cc3OC)CC2)C([2H])([2H])C([2H])([2H])N(c2cc3c(cc2F)C(=O)N(C2CCC(=O)NC2=O)C3=O)C1([2H])[2H]. The number of anilines is 3. The minimum atomic E-state index is -3.48. The third-order valence-corrected chi connectivity index (χ3v) is 11.7. The highest BCUT2D eigenvalue weighted by Gasteiger charge is 2.45. The molecule has 1 unspecified atom stereocenters. The fraction of sp³-hybridized carbons (Fsp3) is 0.409. The van der Waals surface area contributed by atoms with E-state index < -0.39 is 90.8 Å². The average molecular weight is 896 g/mol. The van der Waals surface area contributed by atoms with Crippen LogP contribution in [0.2, 0.25) is 10.0 Å². The number of halogens is 3. The maximum absolute atomic E-state index is 16.1. The molecule has 15 nitrogen and oxygen atoms in total. The highest BCUT2D eigenvalue weighted by Crippen LogP contribution is 2.41. The van der Waals surface area contributed by atoms with Crippen LogP contribution in [0.4, 0.5) is 21.5 Å². The third-order valence-electron chi connectivity index (χ3n) is 11.1. The van der Waals surface area contributed by atoms with E-state index >= 15 is 4.39 Å². The number of ether oxygens (including phenoxy) is 3. The Morgan fingerprint density at radius 3 is 2.34 bits per heavy atom. The van der Waals surface area contributed by atoms with Gasteiger partial charge in [0, 0.05) is 74.7 Å². The quantitative estimate of drug-likeness (QED) is 0.118. The van der Waals surface area contributed by atoms with Crippen molar-refractivity contribution in [3.63, 3.8) is 0 Å². The van der Waals surface area contributed by atoms with Gasteiger partial charge in [-0.2, -0.15) is 5.26 Å². The third kappa shape index (κ3) is 8.67. The number of likely N-dealkylation sites (tertiary alicyclic amines) is 1. The van der Waals surface area contributed by atoms with Crippen LogP contribution in [0.25, 0.3) is 10.9 Å². The summed E-state index contributed by atoms with van der Waals surface area (Å²) >= 11 is 12.7. The largest absolute Gasteiger partial charge is 0.495 e. The monoisotopic (exact) mass is 894 g/mol. The molecule has 0 bridgehead atoms. The van der Waals surface area contributed by atoms with Crippen LogP contribution in [-0.4, -0.2) is 122 Å². The Bertz CT molecular complexity index is 2840. The molecule has 324 valence electrons. The molecule has 62 heavy (non-hydrogen) atoms. The van der Waals surface area contributed by atoms with E-state index in [2.05, 4.69) is 21.3 Å². The lowest BCUT2D eigenvalue weighted by molar-refractivity contribution is -0.136. The van der Waals surface area contributed by atoms with Gasteiger partial charge in [-0.25, -0.2) is 4.39 Å². The molecule has 4 aliphatic heterocycles. The van der Waals surface area contributed by atoms with E-state index in [4.69, 9.17) is 48.4 Å². The number of pyridine rings is 1. The second-order valence-corrected chi connectivity index (χ2v) is 15.8. The van der Waals surface area contributed by atoms with Crippen molar-refractivity contribution >= 4 is 74.8 Å². The van der Waals surface area contributed by atoms with Crippen LogP contribution in [0.1, 0.15) is 69.3 Å². The van der Waals surface area contributed by atoms with Crippen LogP contribution in [0, 0.1) is 23.1 Å². The number of imide groups is 2. The molecule has 4 aliphatic rings. The molecule has 0 spiro atoms. The zero-order chi connectivity index (χ0) is 50.8. The van der Waals surface area contributed by atoms with E-state index in [0.29, 0.717) is 110 Å². The van der Waals surface area contributed by atoms with E-state index in [-0.39, 0.29) is 29.9 Å². The fourth-order valence-electron chi connectivity index (χ4n) is 7.87. The summed E-state index contributed by atoms with van der Waals surface area (Å²) in [5, 5.41) is 16.3. The van der Waals surface area contributed by atoms with Crippen molar-refractivity contribution in [2.24, 2.45) is 5.92 Å². The van der Waals surface area contributed by atoms with Crippen LogP contribution < -0.4 is 29.7 Å².